The molecule has 1 aromatic heterocycles. The second-order valence-corrected chi connectivity index (χ2v) is 6.79. The number of hydrogen-bond acceptors (Lipinski definition) is 5. The number of piperazine rings is 1. The predicted molar refractivity (Wildman–Crippen MR) is 108 cm³/mol. The summed E-state index contributed by atoms with van der Waals surface area (Å²) in [4.78, 5) is 6.76. The van der Waals surface area contributed by atoms with Gasteiger partial charge in [-0.2, -0.15) is 0 Å². The smallest absolute Gasteiger partial charge is 0.161 e. The Labute approximate surface area is 159 Å². The summed E-state index contributed by atoms with van der Waals surface area (Å²) in [5.74, 6) is 1.52. The van der Waals surface area contributed by atoms with Crippen LogP contribution in [-0.4, -0.2) is 50.3 Å². The summed E-state index contributed by atoms with van der Waals surface area (Å²) in [6.45, 7) is 4.02. The average molecular weight is 363 g/mol. The zero-order chi connectivity index (χ0) is 18.6. The highest BCUT2D eigenvalue weighted by Crippen LogP contribution is 2.36. The summed E-state index contributed by atoms with van der Waals surface area (Å²) in [6.07, 6.45) is 3.76. The molecule has 3 aromatic rings. The Hall–Kier alpha value is -2.63. The van der Waals surface area contributed by atoms with E-state index in [4.69, 9.17) is 9.47 Å². The maximum atomic E-state index is 5.56. The van der Waals surface area contributed by atoms with Crippen molar-refractivity contribution in [3.05, 3.63) is 66.0 Å². The molecule has 0 saturated carbocycles. The molecule has 0 spiro atoms. The maximum absolute atomic E-state index is 5.56. The van der Waals surface area contributed by atoms with Gasteiger partial charge in [-0.25, -0.2) is 0 Å². The molecule has 0 radical (unpaired) electrons. The monoisotopic (exact) mass is 363 g/mol. The molecule has 1 aliphatic heterocycles. The third-order valence-corrected chi connectivity index (χ3v) is 5.22. The number of pyridine rings is 1. The van der Waals surface area contributed by atoms with Crippen molar-refractivity contribution in [2.75, 3.05) is 40.4 Å². The lowest BCUT2D eigenvalue weighted by Crippen LogP contribution is -2.45. The van der Waals surface area contributed by atoms with E-state index in [2.05, 4.69) is 51.6 Å². The fraction of sp³-hybridized carbons (Fsp3) is 0.318. The highest BCUT2D eigenvalue weighted by Gasteiger charge is 2.25. The number of benzene rings is 2. The van der Waals surface area contributed by atoms with Crippen molar-refractivity contribution >= 4 is 10.8 Å². The molecule has 1 saturated heterocycles. The Bertz CT molecular complexity index is 922. The summed E-state index contributed by atoms with van der Waals surface area (Å²) in [5, 5.41) is 5.82. The standard InChI is InChI=1S/C22H25N3O2/c1-26-20-6-5-18(14-21(20)27-2)22(25-11-9-23-10-12-25)17-3-4-19-15-24-8-7-16(19)13-17/h3-8,13-15,22-23H,9-12H2,1-2H3. The molecule has 5 nitrogen and oxygen atoms in total. The molecule has 1 fully saturated rings. The van der Waals surface area contributed by atoms with Gasteiger partial charge in [0.1, 0.15) is 0 Å². The van der Waals surface area contributed by atoms with E-state index in [1.54, 1.807) is 14.2 Å². The minimum atomic E-state index is 0.171. The maximum Gasteiger partial charge on any atom is 0.161 e. The lowest BCUT2D eigenvalue weighted by atomic mass is 9.94. The predicted octanol–water partition coefficient (Wildman–Crippen LogP) is 3.25. The molecule has 1 aliphatic rings. The topological polar surface area (TPSA) is 46.6 Å². The van der Waals surface area contributed by atoms with Gasteiger partial charge in [-0.3, -0.25) is 9.88 Å². The highest BCUT2D eigenvalue weighted by atomic mass is 16.5. The van der Waals surface area contributed by atoms with Crippen molar-refractivity contribution in [2.45, 2.75) is 6.04 Å². The number of ether oxygens (including phenoxy) is 2. The fourth-order valence-electron chi connectivity index (χ4n) is 3.85. The molecule has 0 amide bonds. The van der Waals surface area contributed by atoms with E-state index in [1.165, 1.54) is 16.5 Å². The Morgan fingerprint density at radius 2 is 1.63 bits per heavy atom. The summed E-state index contributed by atoms with van der Waals surface area (Å²) in [6, 6.07) is 15.1. The molecular weight excluding hydrogens is 338 g/mol. The number of hydrogen-bond donors (Lipinski definition) is 1. The lowest BCUT2D eigenvalue weighted by Gasteiger charge is -2.36. The van der Waals surface area contributed by atoms with Crippen LogP contribution in [0.1, 0.15) is 17.2 Å². The van der Waals surface area contributed by atoms with Gasteiger partial charge in [-0.15, -0.1) is 0 Å². The summed E-state index contributed by atoms with van der Waals surface area (Å²) >= 11 is 0. The van der Waals surface area contributed by atoms with E-state index in [-0.39, 0.29) is 6.04 Å². The van der Waals surface area contributed by atoms with E-state index >= 15 is 0 Å². The highest BCUT2D eigenvalue weighted by molar-refractivity contribution is 5.82. The van der Waals surface area contributed by atoms with Crippen LogP contribution in [0, 0.1) is 0 Å². The molecular formula is C22H25N3O2. The molecule has 2 aromatic carbocycles. The zero-order valence-electron chi connectivity index (χ0n) is 15.8. The van der Waals surface area contributed by atoms with Gasteiger partial charge in [0.05, 0.1) is 20.3 Å². The molecule has 1 unspecified atom stereocenters. The van der Waals surface area contributed by atoms with Crippen LogP contribution in [0.15, 0.2) is 54.9 Å². The first-order valence-electron chi connectivity index (χ1n) is 9.30. The third kappa shape index (κ3) is 3.61. The SMILES string of the molecule is COc1ccc(C(c2ccc3cnccc3c2)N2CCNCC2)cc1OC. The summed E-state index contributed by atoms with van der Waals surface area (Å²) in [7, 11) is 3.35. The van der Waals surface area contributed by atoms with Gasteiger partial charge in [-0.05, 0) is 40.8 Å². The second kappa shape index (κ2) is 7.94. The first kappa shape index (κ1) is 17.8. The van der Waals surface area contributed by atoms with Crippen molar-refractivity contribution in [3.8, 4) is 11.5 Å². The molecule has 0 aliphatic carbocycles. The molecule has 5 heteroatoms. The quantitative estimate of drug-likeness (QED) is 0.754. The van der Waals surface area contributed by atoms with Gasteiger partial charge in [0, 0.05) is 44.0 Å². The molecule has 140 valence electrons. The van der Waals surface area contributed by atoms with Crippen LogP contribution < -0.4 is 14.8 Å². The zero-order valence-corrected chi connectivity index (χ0v) is 15.8. The number of fused-ring (bicyclic) bond motifs is 1. The van der Waals surface area contributed by atoms with Crippen molar-refractivity contribution in [2.24, 2.45) is 0 Å². The number of rotatable bonds is 5. The van der Waals surface area contributed by atoms with Gasteiger partial charge in [0.15, 0.2) is 11.5 Å². The van der Waals surface area contributed by atoms with Crippen LogP contribution in [0.3, 0.4) is 0 Å². The molecule has 1 N–H and O–H groups in total. The summed E-state index contributed by atoms with van der Waals surface area (Å²) in [5.41, 5.74) is 2.49. The van der Waals surface area contributed by atoms with Crippen molar-refractivity contribution in [3.63, 3.8) is 0 Å². The van der Waals surface area contributed by atoms with Crippen LogP contribution in [0.25, 0.3) is 10.8 Å². The second-order valence-electron chi connectivity index (χ2n) is 6.79. The number of nitrogens with zero attached hydrogens (tertiary/aromatic N) is 2. The molecule has 27 heavy (non-hydrogen) atoms. The average Bonchev–Trinajstić information content (AvgIpc) is 2.74. The van der Waals surface area contributed by atoms with Crippen LogP contribution in [0.2, 0.25) is 0 Å². The van der Waals surface area contributed by atoms with Crippen LogP contribution in [0.5, 0.6) is 11.5 Å². The number of nitrogens with one attached hydrogen (secondary N) is 1. The molecule has 1 atom stereocenters. The largest absolute Gasteiger partial charge is 0.493 e. The molecule has 2 heterocycles. The van der Waals surface area contributed by atoms with Gasteiger partial charge >= 0.3 is 0 Å². The van der Waals surface area contributed by atoms with Crippen LogP contribution in [-0.2, 0) is 0 Å². The van der Waals surface area contributed by atoms with Gasteiger partial charge in [-0.1, -0.05) is 18.2 Å². The first-order valence-corrected chi connectivity index (χ1v) is 9.30. The number of methoxy groups -OCH3 is 2. The molecule has 0 bridgehead atoms. The lowest BCUT2D eigenvalue weighted by molar-refractivity contribution is 0.198. The van der Waals surface area contributed by atoms with E-state index in [1.807, 2.05) is 18.5 Å². The number of aromatic nitrogens is 1. The van der Waals surface area contributed by atoms with E-state index < -0.39 is 0 Å². The molecule has 4 rings (SSSR count). The van der Waals surface area contributed by atoms with Crippen LogP contribution >= 0.6 is 0 Å². The Morgan fingerprint density at radius 1 is 0.889 bits per heavy atom. The third-order valence-electron chi connectivity index (χ3n) is 5.22. The van der Waals surface area contributed by atoms with E-state index in [0.717, 1.165) is 43.1 Å². The van der Waals surface area contributed by atoms with Gasteiger partial charge in [0.25, 0.3) is 0 Å². The summed E-state index contributed by atoms with van der Waals surface area (Å²) < 4.78 is 11.0. The minimum Gasteiger partial charge on any atom is -0.493 e. The van der Waals surface area contributed by atoms with Crippen molar-refractivity contribution in [1.82, 2.24) is 15.2 Å². The normalized spacial score (nSPS) is 16.2. The van der Waals surface area contributed by atoms with E-state index in [0.29, 0.717) is 0 Å². The van der Waals surface area contributed by atoms with Crippen molar-refractivity contribution < 1.29 is 9.47 Å². The Kier molecular flexibility index (Phi) is 5.23. The van der Waals surface area contributed by atoms with Crippen molar-refractivity contribution in [1.29, 1.82) is 0 Å². The minimum absolute atomic E-state index is 0.171. The fourth-order valence-corrected chi connectivity index (χ4v) is 3.85. The van der Waals surface area contributed by atoms with Gasteiger partial charge in [0.2, 0.25) is 0 Å². The Balaban J connectivity index is 1.80. The van der Waals surface area contributed by atoms with Gasteiger partial charge < -0.3 is 14.8 Å². The van der Waals surface area contributed by atoms with Crippen LogP contribution in [0.4, 0.5) is 0 Å². The Morgan fingerprint density at radius 3 is 2.41 bits per heavy atom. The van der Waals surface area contributed by atoms with E-state index in [9.17, 15) is 0 Å². The first-order chi connectivity index (χ1) is 13.3.